The van der Waals surface area contributed by atoms with Gasteiger partial charge in [0.25, 0.3) is 0 Å². The molecule has 2 nitrogen and oxygen atoms in total. The first-order valence-electron chi connectivity index (χ1n) is 8.21. The van der Waals surface area contributed by atoms with Crippen LogP contribution in [0, 0.1) is 5.41 Å². The second-order valence-corrected chi connectivity index (χ2v) is 6.53. The molecule has 0 bridgehead atoms. The quantitative estimate of drug-likeness (QED) is 0.826. The normalized spacial score (nSPS) is 22.7. The highest BCUT2D eigenvalue weighted by Crippen LogP contribution is 2.50. The molecule has 0 saturated heterocycles. The molecule has 1 atom stereocenters. The minimum atomic E-state index is 0.452. The van der Waals surface area contributed by atoms with Gasteiger partial charge < -0.3 is 10.1 Å². The predicted octanol–water partition coefficient (Wildman–Crippen LogP) is 4.46. The molecule has 3 rings (SSSR count). The summed E-state index contributed by atoms with van der Waals surface area (Å²) in [6, 6.07) is 9.29. The molecule has 0 amide bonds. The van der Waals surface area contributed by atoms with E-state index in [1.807, 2.05) is 0 Å². The van der Waals surface area contributed by atoms with Crippen molar-refractivity contribution in [1.82, 2.24) is 5.32 Å². The van der Waals surface area contributed by atoms with E-state index in [0.717, 1.165) is 5.75 Å². The van der Waals surface area contributed by atoms with Crippen molar-refractivity contribution in [2.24, 2.45) is 5.41 Å². The fourth-order valence-electron chi connectivity index (χ4n) is 3.87. The first-order valence-corrected chi connectivity index (χ1v) is 8.21. The molecule has 110 valence electrons. The van der Waals surface area contributed by atoms with Crippen LogP contribution in [-0.4, -0.2) is 13.2 Å². The maximum absolute atomic E-state index is 5.85. The fraction of sp³-hybridized carbons (Fsp3) is 0.667. The molecule has 1 N–H and O–H groups in total. The van der Waals surface area contributed by atoms with E-state index in [9.17, 15) is 0 Å². The van der Waals surface area contributed by atoms with Gasteiger partial charge in [0.15, 0.2) is 0 Å². The third-order valence-corrected chi connectivity index (χ3v) is 5.25. The van der Waals surface area contributed by atoms with E-state index < -0.39 is 0 Å². The lowest BCUT2D eigenvalue weighted by molar-refractivity contribution is 0.195. The predicted molar refractivity (Wildman–Crippen MR) is 83.1 cm³/mol. The van der Waals surface area contributed by atoms with E-state index in [1.165, 1.54) is 50.5 Å². The molecule has 2 fully saturated rings. The molecule has 2 heteroatoms. The zero-order valence-electron chi connectivity index (χ0n) is 12.8. The molecule has 0 heterocycles. The Balaban J connectivity index is 1.77. The summed E-state index contributed by atoms with van der Waals surface area (Å²) in [5.41, 5.74) is 1.87. The van der Waals surface area contributed by atoms with Crippen LogP contribution in [0.1, 0.15) is 63.5 Å². The minimum Gasteiger partial charge on any atom is -0.490 e. The van der Waals surface area contributed by atoms with Crippen LogP contribution in [0.2, 0.25) is 0 Å². The van der Waals surface area contributed by atoms with Crippen molar-refractivity contribution in [3.05, 3.63) is 29.8 Å². The van der Waals surface area contributed by atoms with Gasteiger partial charge in [-0.05, 0) is 62.3 Å². The first kappa shape index (κ1) is 13.9. The highest BCUT2D eigenvalue weighted by atomic mass is 16.5. The van der Waals surface area contributed by atoms with Crippen LogP contribution in [0.4, 0.5) is 0 Å². The average Bonchev–Trinajstić information content (AvgIpc) is 3.16. The molecule has 20 heavy (non-hydrogen) atoms. The summed E-state index contributed by atoms with van der Waals surface area (Å²) < 4.78 is 5.85. The zero-order chi connectivity index (χ0) is 14.0. The van der Waals surface area contributed by atoms with Crippen LogP contribution in [0.15, 0.2) is 24.3 Å². The van der Waals surface area contributed by atoms with Crippen molar-refractivity contribution < 1.29 is 4.74 Å². The molecule has 1 aromatic carbocycles. The Labute approximate surface area is 122 Å². The van der Waals surface area contributed by atoms with Crippen molar-refractivity contribution in [1.29, 1.82) is 0 Å². The highest BCUT2D eigenvalue weighted by Gasteiger charge is 2.39. The maximum Gasteiger partial charge on any atom is 0.119 e. The second-order valence-electron chi connectivity index (χ2n) is 6.53. The smallest absolute Gasteiger partial charge is 0.119 e. The van der Waals surface area contributed by atoms with Crippen molar-refractivity contribution >= 4 is 0 Å². The molecule has 0 radical (unpaired) electrons. The van der Waals surface area contributed by atoms with Crippen LogP contribution >= 0.6 is 0 Å². The van der Waals surface area contributed by atoms with Crippen molar-refractivity contribution in [2.45, 2.75) is 64.0 Å². The Hall–Kier alpha value is -1.02. The monoisotopic (exact) mass is 273 g/mol. The molecular weight excluding hydrogens is 246 g/mol. The summed E-state index contributed by atoms with van der Waals surface area (Å²) >= 11 is 0. The Morgan fingerprint density at radius 1 is 1.20 bits per heavy atom. The standard InChI is InChI=1S/C18H27NO/c1-3-18(12-4-5-13-18)17(19-2)14-6-8-15(9-7-14)20-16-10-11-16/h6-9,16-17,19H,3-5,10-13H2,1-2H3. The van der Waals surface area contributed by atoms with Crippen LogP contribution in [0.3, 0.4) is 0 Å². The van der Waals surface area contributed by atoms with Gasteiger partial charge in [0, 0.05) is 6.04 Å². The van der Waals surface area contributed by atoms with Crippen LogP contribution in [0.5, 0.6) is 5.75 Å². The van der Waals surface area contributed by atoms with Gasteiger partial charge in [-0.2, -0.15) is 0 Å². The minimum absolute atomic E-state index is 0.452. The van der Waals surface area contributed by atoms with E-state index in [1.54, 1.807) is 0 Å². The largest absolute Gasteiger partial charge is 0.490 e. The van der Waals surface area contributed by atoms with Gasteiger partial charge >= 0.3 is 0 Å². The molecule has 2 aliphatic rings. The first-order chi connectivity index (χ1) is 9.77. The summed E-state index contributed by atoms with van der Waals surface area (Å²) in [7, 11) is 2.11. The number of nitrogens with one attached hydrogen (secondary N) is 1. The third-order valence-electron chi connectivity index (χ3n) is 5.25. The Morgan fingerprint density at radius 2 is 1.85 bits per heavy atom. The summed E-state index contributed by atoms with van der Waals surface area (Å²) in [5.74, 6) is 1.03. The molecule has 0 aromatic heterocycles. The molecule has 1 aromatic rings. The van der Waals surface area contributed by atoms with Gasteiger partial charge in [0.05, 0.1) is 6.10 Å². The third kappa shape index (κ3) is 2.71. The van der Waals surface area contributed by atoms with Gasteiger partial charge in [0.2, 0.25) is 0 Å². The lowest BCUT2D eigenvalue weighted by atomic mass is 9.73. The second kappa shape index (κ2) is 5.77. The summed E-state index contributed by atoms with van der Waals surface area (Å²) in [6.45, 7) is 2.35. The molecule has 0 spiro atoms. The van der Waals surface area contributed by atoms with E-state index in [4.69, 9.17) is 4.74 Å². The zero-order valence-corrected chi connectivity index (χ0v) is 12.8. The fourth-order valence-corrected chi connectivity index (χ4v) is 3.87. The Morgan fingerprint density at radius 3 is 2.35 bits per heavy atom. The molecular formula is C18H27NO. The molecule has 2 aliphatic carbocycles. The van der Waals surface area contributed by atoms with Crippen LogP contribution in [0.25, 0.3) is 0 Å². The Bertz CT molecular complexity index is 429. The van der Waals surface area contributed by atoms with Crippen LogP contribution < -0.4 is 10.1 Å². The van der Waals surface area contributed by atoms with Crippen molar-refractivity contribution in [3.63, 3.8) is 0 Å². The molecule has 2 saturated carbocycles. The average molecular weight is 273 g/mol. The van der Waals surface area contributed by atoms with Gasteiger partial charge in [-0.3, -0.25) is 0 Å². The Kier molecular flexibility index (Phi) is 4.02. The SMILES string of the molecule is CCC1(C(NC)c2ccc(OC3CC3)cc2)CCCC1. The van der Waals surface area contributed by atoms with Crippen LogP contribution in [-0.2, 0) is 0 Å². The number of hydrogen-bond acceptors (Lipinski definition) is 2. The molecule has 1 unspecified atom stereocenters. The lowest BCUT2D eigenvalue weighted by Gasteiger charge is -2.37. The van der Waals surface area contributed by atoms with E-state index >= 15 is 0 Å². The highest BCUT2D eigenvalue weighted by molar-refractivity contribution is 5.31. The maximum atomic E-state index is 5.85. The van der Waals surface area contributed by atoms with E-state index in [2.05, 4.69) is 43.6 Å². The van der Waals surface area contributed by atoms with Crippen molar-refractivity contribution in [3.8, 4) is 5.75 Å². The number of benzene rings is 1. The van der Waals surface area contributed by atoms with E-state index in [0.29, 0.717) is 17.6 Å². The summed E-state index contributed by atoms with van der Waals surface area (Å²) in [4.78, 5) is 0. The van der Waals surface area contributed by atoms with Crippen molar-refractivity contribution in [2.75, 3.05) is 7.05 Å². The van der Waals surface area contributed by atoms with Gasteiger partial charge in [-0.25, -0.2) is 0 Å². The number of hydrogen-bond donors (Lipinski definition) is 1. The summed E-state index contributed by atoms with van der Waals surface area (Å²) in [5, 5.41) is 3.58. The van der Waals surface area contributed by atoms with Gasteiger partial charge in [0.1, 0.15) is 5.75 Å². The topological polar surface area (TPSA) is 21.3 Å². The lowest BCUT2D eigenvalue weighted by Crippen LogP contribution is -2.34. The van der Waals surface area contributed by atoms with Gasteiger partial charge in [-0.1, -0.05) is 31.9 Å². The summed E-state index contributed by atoms with van der Waals surface area (Å²) in [6.07, 6.45) is 9.67. The number of rotatable bonds is 6. The number of ether oxygens (including phenoxy) is 1. The van der Waals surface area contributed by atoms with Gasteiger partial charge in [-0.15, -0.1) is 0 Å². The van der Waals surface area contributed by atoms with E-state index in [-0.39, 0.29) is 0 Å². The molecule has 0 aliphatic heterocycles.